The third-order valence-electron chi connectivity index (χ3n) is 3.48. The summed E-state index contributed by atoms with van der Waals surface area (Å²) in [6.07, 6.45) is 2.15. The number of amides is 1. The van der Waals surface area contributed by atoms with Crippen molar-refractivity contribution in [2.75, 3.05) is 12.4 Å². The molecule has 1 fully saturated rings. The number of halogens is 1. The van der Waals surface area contributed by atoms with Gasteiger partial charge >= 0.3 is 0 Å². The third kappa shape index (κ3) is 3.36. The van der Waals surface area contributed by atoms with Crippen LogP contribution in [0, 0.1) is 0 Å². The Balaban J connectivity index is 1.85. The lowest BCUT2D eigenvalue weighted by Crippen LogP contribution is -2.32. The minimum atomic E-state index is 0.0181. The van der Waals surface area contributed by atoms with E-state index in [1.54, 1.807) is 30.5 Å². The van der Waals surface area contributed by atoms with Crippen LogP contribution in [0.5, 0.6) is 0 Å². The van der Waals surface area contributed by atoms with Crippen molar-refractivity contribution in [3.8, 4) is 0 Å². The maximum Gasteiger partial charge on any atom is 0.254 e. The number of anilines is 1. The van der Waals surface area contributed by atoms with Crippen LogP contribution < -0.4 is 5.32 Å². The Morgan fingerprint density at radius 1 is 1.52 bits per heavy atom. The molecule has 2 aromatic heterocycles. The molecule has 0 unspecified atom stereocenters. The van der Waals surface area contributed by atoms with Crippen LogP contribution in [0.2, 0.25) is 5.15 Å². The fraction of sp³-hybridized carbons (Fsp3) is 0.333. The number of hydrogen-bond acceptors (Lipinski definition) is 4. The van der Waals surface area contributed by atoms with Gasteiger partial charge < -0.3 is 10.2 Å². The van der Waals surface area contributed by atoms with Crippen molar-refractivity contribution < 1.29 is 4.79 Å². The van der Waals surface area contributed by atoms with Crippen LogP contribution >= 0.6 is 22.9 Å². The standard InChI is InChI=1S/C15H16ClN3OS/c1-17-14-7-11(6-13(16)18-14)15(20)19(12-2-3-12)8-10-4-5-21-9-10/h4-7,9,12H,2-3,8H2,1H3,(H,17,18). The van der Waals surface area contributed by atoms with Gasteiger partial charge in [-0.15, -0.1) is 0 Å². The van der Waals surface area contributed by atoms with Crippen molar-refractivity contribution in [2.45, 2.75) is 25.4 Å². The largest absolute Gasteiger partial charge is 0.373 e. The Morgan fingerprint density at radius 3 is 2.95 bits per heavy atom. The molecule has 0 atom stereocenters. The molecule has 3 rings (SSSR count). The van der Waals surface area contributed by atoms with Crippen molar-refractivity contribution in [3.05, 3.63) is 45.2 Å². The zero-order valence-electron chi connectivity index (χ0n) is 11.7. The zero-order chi connectivity index (χ0) is 14.8. The fourth-order valence-electron chi connectivity index (χ4n) is 2.25. The number of nitrogens with one attached hydrogen (secondary N) is 1. The summed E-state index contributed by atoms with van der Waals surface area (Å²) in [5.41, 5.74) is 1.76. The lowest BCUT2D eigenvalue weighted by Gasteiger charge is -2.22. The van der Waals surface area contributed by atoms with Gasteiger partial charge in [0.2, 0.25) is 0 Å². The van der Waals surface area contributed by atoms with E-state index in [0.29, 0.717) is 29.1 Å². The van der Waals surface area contributed by atoms with E-state index in [1.165, 1.54) is 5.56 Å². The Morgan fingerprint density at radius 2 is 2.33 bits per heavy atom. The molecule has 2 aromatic rings. The molecule has 21 heavy (non-hydrogen) atoms. The minimum absolute atomic E-state index is 0.0181. The highest BCUT2D eigenvalue weighted by Crippen LogP contribution is 2.30. The van der Waals surface area contributed by atoms with Crippen LogP contribution in [-0.2, 0) is 6.54 Å². The van der Waals surface area contributed by atoms with E-state index < -0.39 is 0 Å². The predicted molar refractivity (Wildman–Crippen MR) is 86.0 cm³/mol. The SMILES string of the molecule is CNc1cc(C(=O)N(Cc2ccsc2)C2CC2)cc(Cl)n1. The summed E-state index contributed by atoms with van der Waals surface area (Å²) in [4.78, 5) is 18.8. The second-order valence-electron chi connectivity index (χ2n) is 5.11. The molecule has 6 heteroatoms. The van der Waals surface area contributed by atoms with Gasteiger partial charge in [0.1, 0.15) is 11.0 Å². The first-order chi connectivity index (χ1) is 10.2. The van der Waals surface area contributed by atoms with Crippen LogP contribution in [0.25, 0.3) is 0 Å². The lowest BCUT2D eigenvalue weighted by molar-refractivity contribution is 0.0730. The molecule has 1 aliphatic carbocycles. The molecule has 1 saturated carbocycles. The predicted octanol–water partition coefficient (Wildman–Crippen LogP) is 3.64. The van der Waals surface area contributed by atoms with Crippen LogP contribution in [0.3, 0.4) is 0 Å². The van der Waals surface area contributed by atoms with Crippen LogP contribution in [-0.4, -0.2) is 28.9 Å². The minimum Gasteiger partial charge on any atom is -0.373 e. The van der Waals surface area contributed by atoms with E-state index >= 15 is 0 Å². The summed E-state index contributed by atoms with van der Waals surface area (Å²) in [7, 11) is 1.76. The van der Waals surface area contributed by atoms with E-state index in [2.05, 4.69) is 21.7 Å². The number of hydrogen-bond donors (Lipinski definition) is 1. The van der Waals surface area contributed by atoms with Crippen molar-refractivity contribution in [1.29, 1.82) is 0 Å². The smallest absolute Gasteiger partial charge is 0.254 e. The lowest BCUT2D eigenvalue weighted by atomic mass is 10.2. The number of rotatable bonds is 5. The number of thiophene rings is 1. The Bertz CT molecular complexity index is 640. The second-order valence-corrected chi connectivity index (χ2v) is 6.28. The molecule has 4 nitrogen and oxygen atoms in total. The third-order valence-corrected chi connectivity index (χ3v) is 4.40. The summed E-state index contributed by atoms with van der Waals surface area (Å²) in [6.45, 7) is 0.655. The van der Waals surface area contributed by atoms with E-state index in [0.717, 1.165) is 12.8 Å². The topological polar surface area (TPSA) is 45.2 Å². The summed E-state index contributed by atoms with van der Waals surface area (Å²) in [5, 5.41) is 7.38. The molecule has 1 amide bonds. The van der Waals surface area contributed by atoms with Gasteiger partial charge in [-0.25, -0.2) is 4.98 Å². The van der Waals surface area contributed by atoms with Crippen molar-refractivity contribution in [1.82, 2.24) is 9.88 Å². The molecule has 0 saturated heterocycles. The van der Waals surface area contributed by atoms with Crippen LogP contribution in [0.4, 0.5) is 5.82 Å². The number of nitrogens with zero attached hydrogens (tertiary/aromatic N) is 2. The normalized spacial score (nSPS) is 14.0. The number of pyridine rings is 1. The highest BCUT2D eigenvalue weighted by Gasteiger charge is 2.33. The van der Waals surface area contributed by atoms with Crippen LogP contribution in [0.1, 0.15) is 28.8 Å². The van der Waals surface area contributed by atoms with E-state index in [4.69, 9.17) is 11.6 Å². The molecule has 0 aromatic carbocycles. The van der Waals surface area contributed by atoms with E-state index in [-0.39, 0.29) is 5.91 Å². The second kappa shape index (κ2) is 6.03. The maximum absolute atomic E-state index is 12.8. The van der Waals surface area contributed by atoms with Gasteiger partial charge in [-0.3, -0.25) is 4.79 Å². The monoisotopic (exact) mass is 321 g/mol. The average Bonchev–Trinajstić information content (AvgIpc) is 3.20. The van der Waals surface area contributed by atoms with Gasteiger partial charge in [0.15, 0.2) is 0 Å². The maximum atomic E-state index is 12.8. The average molecular weight is 322 g/mol. The number of carbonyl (C=O) groups excluding carboxylic acids is 1. The quantitative estimate of drug-likeness (QED) is 0.855. The molecule has 2 heterocycles. The molecule has 0 aliphatic heterocycles. The van der Waals surface area contributed by atoms with Gasteiger partial charge in [-0.05, 0) is 47.4 Å². The number of carbonyl (C=O) groups is 1. The Labute approximate surface area is 132 Å². The molecular formula is C15H16ClN3OS. The van der Waals surface area contributed by atoms with Gasteiger partial charge in [-0.2, -0.15) is 11.3 Å². The summed E-state index contributed by atoms with van der Waals surface area (Å²) >= 11 is 7.65. The van der Waals surface area contributed by atoms with Gasteiger partial charge in [0, 0.05) is 25.2 Å². The molecule has 0 spiro atoms. The first kappa shape index (κ1) is 14.4. The number of aromatic nitrogens is 1. The van der Waals surface area contributed by atoms with Crippen molar-refractivity contribution in [2.24, 2.45) is 0 Å². The molecule has 1 aliphatic rings. The first-order valence-electron chi connectivity index (χ1n) is 6.85. The highest BCUT2D eigenvalue weighted by atomic mass is 35.5. The van der Waals surface area contributed by atoms with Crippen molar-refractivity contribution >= 4 is 34.7 Å². The first-order valence-corrected chi connectivity index (χ1v) is 8.17. The molecule has 0 bridgehead atoms. The van der Waals surface area contributed by atoms with Crippen LogP contribution in [0.15, 0.2) is 29.0 Å². The van der Waals surface area contributed by atoms with E-state index in [1.807, 2.05) is 10.3 Å². The zero-order valence-corrected chi connectivity index (χ0v) is 13.2. The Kier molecular flexibility index (Phi) is 4.12. The fourth-order valence-corrected chi connectivity index (χ4v) is 3.11. The summed E-state index contributed by atoms with van der Waals surface area (Å²) in [5.74, 6) is 0.627. The molecular weight excluding hydrogens is 306 g/mol. The highest BCUT2D eigenvalue weighted by molar-refractivity contribution is 7.07. The van der Waals surface area contributed by atoms with E-state index in [9.17, 15) is 4.79 Å². The van der Waals surface area contributed by atoms with Gasteiger partial charge in [-0.1, -0.05) is 11.6 Å². The van der Waals surface area contributed by atoms with Gasteiger partial charge in [0.25, 0.3) is 5.91 Å². The molecule has 0 radical (unpaired) electrons. The summed E-state index contributed by atoms with van der Waals surface area (Å²) in [6, 6.07) is 5.79. The van der Waals surface area contributed by atoms with Gasteiger partial charge in [0.05, 0.1) is 0 Å². The molecule has 110 valence electrons. The Hall–Kier alpha value is -1.59. The molecule has 1 N–H and O–H groups in total. The van der Waals surface area contributed by atoms with Crippen molar-refractivity contribution in [3.63, 3.8) is 0 Å². The summed E-state index contributed by atoms with van der Waals surface area (Å²) < 4.78 is 0.